The van der Waals surface area contributed by atoms with Gasteiger partial charge in [-0.05, 0) is 45.0 Å². The molecule has 0 fully saturated rings. The number of nitrogens with zero attached hydrogens (tertiary/aromatic N) is 1. The second kappa shape index (κ2) is 6.31. The Balaban J connectivity index is 2.63. The summed E-state index contributed by atoms with van der Waals surface area (Å²) in [6.45, 7) is 5.95. The number of hydrogen-bond acceptors (Lipinski definition) is 2. The lowest BCUT2D eigenvalue weighted by atomic mass is 10.3. The van der Waals surface area contributed by atoms with E-state index in [0.717, 1.165) is 4.90 Å². The van der Waals surface area contributed by atoms with E-state index in [1.54, 1.807) is 16.7 Å². The van der Waals surface area contributed by atoms with Crippen LogP contribution < -0.4 is 0 Å². The quantitative estimate of drug-likeness (QED) is 0.779. The molecule has 0 N–H and O–H groups in total. The number of carbonyl (C=O) groups excluding carboxylic acids is 1. The highest BCUT2D eigenvalue weighted by Crippen LogP contribution is 2.25. The highest BCUT2D eigenvalue weighted by Gasteiger charge is 2.20. The van der Waals surface area contributed by atoms with Crippen molar-refractivity contribution in [2.75, 3.05) is 7.05 Å². The van der Waals surface area contributed by atoms with E-state index in [0.29, 0.717) is 5.02 Å². The number of thioether (sulfide) groups is 1. The molecule has 0 heterocycles. The van der Waals surface area contributed by atoms with Gasteiger partial charge in [-0.25, -0.2) is 0 Å². The van der Waals surface area contributed by atoms with Crippen molar-refractivity contribution in [2.24, 2.45) is 0 Å². The van der Waals surface area contributed by atoms with Crippen molar-refractivity contribution in [3.8, 4) is 0 Å². The van der Waals surface area contributed by atoms with Crippen LogP contribution in [0.1, 0.15) is 20.8 Å². The Bertz CT molecular complexity index is 378. The summed E-state index contributed by atoms with van der Waals surface area (Å²) >= 11 is 7.37. The third-order valence-corrected chi connectivity index (χ3v) is 3.95. The Morgan fingerprint density at radius 3 is 2.24 bits per heavy atom. The molecule has 1 amide bonds. The molecule has 0 aromatic heterocycles. The predicted octanol–water partition coefficient (Wildman–Crippen LogP) is 3.69. The van der Waals surface area contributed by atoms with Crippen LogP contribution in [0.15, 0.2) is 29.2 Å². The van der Waals surface area contributed by atoms with E-state index in [1.165, 1.54) is 0 Å². The van der Waals surface area contributed by atoms with Gasteiger partial charge in [-0.1, -0.05) is 11.6 Å². The topological polar surface area (TPSA) is 20.3 Å². The van der Waals surface area contributed by atoms with E-state index in [1.807, 2.05) is 52.1 Å². The minimum atomic E-state index is -0.0800. The number of amides is 1. The maximum Gasteiger partial charge on any atom is 0.235 e. The maximum absolute atomic E-state index is 12.0. The van der Waals surface area contributed by atoms with Crippen molar-refractivity contribution in [2.45, 2.75) is 37.0 Å². The van der Waals surface area contributed by atoms with Gasteiger partial charge in [0.05, 0.1) is 5.25 Å². The van der Waals surface area contributed by atoms with Gasteiger partial charge in [-0.2, -0.15) is 0 Å². The Morgan fingerprint density at radius 1 is 1.24 bits per heavy atom. The summed E-state index contributed by atoms with van der Waals surface area (Å²) in [6.07, 6.45) is 0. The van der Waals surface area contributed by atoms with Crippen molar-refractivity contribution in [1.82, 2.24) is 4.90 Å². The number of hydrogen-bond donors (Lipinski definition) is 0. The van der Waals surface area contributed by atoms with Crippen molar-refractivity contribution < 1.29 is 4.79 Å². The van der Waals surface area contributed by atoms with Crippen molar-refractivity contribution in [3.05, 3.63) is 29.3 Å². The lowest BCUT2D eigenvalue weighted by Gasteiger charge is -2.24. The van der Waals surface area contributed by atoms with Gasteiger partial charge in [-0.3, -0.25) is 4.79 Å². The highest BCUT2D eigenvalue weighted by molar-refractivity contribution is 8.00. The summed E-state index contributed by atoms with van der Waals surface area (Å²) in [5.74, 6) is 0.153. The van der Waals surface area contributed by atoms with Gasteiger partial charge in [0.1, 0.15) is 0 Å². The molecule has 17 heavy (non-hydrogen) atoms. The number of carbonyl (C=O) groups is 1. The molecule has 1 unspecified atom stereocenters. The average molecular weight is 272 g/mol. The molecule has 1 aromatic rings. The van der Waals surface area contributed by atoms with Crippen molar-refractivity contribution in [3.63, 3.8) is 0 Å². The van der Waals surface area contributed by atoms with Gasteiger partial charge in [0, 0.05) is 23.0 Å². The van der Waals surface area contributed by atoms with Crippen LogP contribution in [0.5, 0.6) is 0 Å². The van der Waals surface area contributed by atoms with Gasteiger partial charge >= 0.3 is 0 Å². The van der Waals surface area contributed by atoms with E-state index in [-0.39, 0.29) is 17.2 Å². The average Bonchev–Trinajstić information content (AvgIpc) is 2.30. The monoisotopic (exact) mass is 271 g/mol. The van der Waals surface area contributed by atoms with E-state index in [9.17, 15) is 4.79 Å². The van der Waals surface area contributed by atoms with Crippen molar-refractivity contribution in [1.29, 1.82) is 0 Å². The zero-order valence-electron chi connectivity index (χ0n) is 10.6. The largest absolute Gasteiger partial charge is 0.342 e. The standard InChI is InChI=1S/C13H18ClNOS/c1-9(2)15(4)13(16)10(3)17-12-7-5-11(14)6-8-12/h5-10H,1-4H3. The fourth-order valence-electron chi connectivity index (χ4n) is 1.31. The Labute approximate surface area is 112 Å². The second-order valence-corrected chi connectivity index (χ2v) is 6.11. The summed E-state index contributed by atoms with van der Waals surface area (Å²) in [4.78, 5) is 14.9. The molecular weight excluding hydrogens is 254 g/mol. The zero-order chi connectivity index (χ0) is 13.0. The molecule has 0 aliphatic heterocycles. The summed E-state index contributed by atoms with van der Waals surface area (Å²) in [6, 6.07) is 7.79. The molecule has 94 valence electrons. The summed E-state index contributed by atoms with van der Waals surface area (Å²) in [5.41, 5.74) is 0. The Kier molecular flexibility index (Phi) is 5.34. The third-order valence-electron chi connectivity index (χ3n) is 2.60. The van der Waals surface area contributed by atoms with Crippen LogP contribution in [0.25, 0.3) is 0 Å². The molecule has 0 spiro atoms. The molecule has 1 aromatic carbocycles. The first-order chi connectivity index (χ1) is 7.91. The zero-order valence-corrected chi connectivity index (χ0v) is 12.2. The summed E-state index contributed by atoms with van der Waals surface area (Å²) < 4.78 is 0. The molecule has 0 saturated heterocycles. The lowest BCUT2D eigenvalue weighted by molar-refractivity contribution is -0.130. The fraction of sp³-hybridized carbons (Fsp3) is 0.462. The van der Waals surface area contributed by atoms with Gasteiger partial charge in [0.25, 0.3) is 0 Å². The molecule has 0 aliphatic carbocycles. The van der Waals surface area contributed by atoms with Crippen LogP contribution in [0.2, 0.25) is 5.02 Å². The van der Waals surface area contributed by atoms with Crippen LogP contribution in [0, 0.1) is 0 Å². The summed E-state index contributed by atoms with van der Waals surface area (Å²) in [7, 11) is 1.84. The predicted molar refractivity (Wildman–Crippen MR) is 74.7 cm³/mol. The number of rotatable bonds is 4. The molecule has 4 heteroatoms. The van der Waals surface area contributed by atoms with E-state index >= 15 is 0 Å². The molecule has 2 nitrogen and oxygen atoms in total. The summed E-state index contributed by atoms with van der Waals surface area (Å²) in [5, 5.41) is 0.635. The first-order valence-corrected chi connectivity index (χ1v) is 6.86. The second-order valence-electron chi connectivity index (χ2n) is 4.26. The molecule has 0 bridgehead atoms. The smallest absolute Gasteiger partial charge is 0.235 e. The minimum absolute atomic E-state index is 0.0800. The van der Waals surface area contributed by atoms with Crippen molar-refractivity contribution >= 4 is 29.3 Å². The van der Waals surface area contributed by atoms with E-state index < -0.39 is 0 Å². The fourth-order valence-corrected chi connectivity index (χ4v) is 2.40. The number of benzene rings is 1. The van der Waals surface area contributed by atoms with Crippen LogP contribution in [-0.2, 0) is 4.79 Å². The van der Waals surface area contributed by atoms with Crippen LogP contribution >= 0.6 is 23.4 Å². The first-order valence-electron chi connectivity index (χ1n) is 5.60. The maximum atomic E-state index is 12.0. The SMILES string of the molecule is CC(Sc1ccc(Cl)cc1)C(=O)N(C)C(C)C. The van der Waals surface area contributed by atoms with E-state index in [4.69, 9.17) is 11.6 Å². The molecule has 1 rings (SSSR count). The minimum Gasteiger partial charge on any atom is -0.342 e. The van der Waals surface area contributed by atoms with E-state index in [2.05, 4.69) is 0 Å². The Hall–Kier alpha value is -0.670. The van der Waals surface area contributed by atoms with Gasteiger partial charge in [0.2, 0.25) is 5.91 Å². The molecule has 1 atom stereocenters. The van der Waals surface area contributed by atoms with Crippen LogP contribution in [-0.4, -0.2) is 29.1 Å². The molecule has 0 radical (unpaired) electrons. The molecule has 0 aliphatic rings. The normalized spacial score (nSPS) is 12.6. The van der Waals surface area contributed by atoms with Gasteiger partial charge < -0.3 is 4.90 Å². The molecule has 0 saturated carbocycles. The third kappa shape index (κ3) is 4.25. The van der Waals surface area contributed by atoms with Crippen LogP contribution in [0.3, 0.4) is 0 Å². The number of halogens is 1. The Morgan fingerprint density at radius 2 is 1.76 bits per heavy atom. The molecular formula is C13H18ClNOS. The van der Waals surface area contributed by atoms with Gasteiger partial charge in [-0.15, -0.1) is 11.8 Å². The van der Waals surface area contributed by atoms with Crippen LogP contribution in [0.4, 0.5) is 0 Å². The van der Waals surface area contributed by atoms with Gasteiger partial charge in [0.15, 0.2) is 0 Å². The highest BCUT2D eigenvalue weighted by atomic mass is 35.5. The lowest BCUT2D eigenvalue weighted by Crippen LogP contribution is -2.38. The first kappa shape index (κ1) is 14.4.